The summed E-state index contributed by atoms with van der Waals surface area (Å²) in [5.41, 5.74) is -0.252. The molecule has 2 atom stereocenters. The van der Waals surface area contributed by atoms with Gasteiger partial charge in [-0.15, -0.1) is 0 Å². The van der Waals surface area contributed by atoms with Crippen LogP contribution in [0.25, 0.3) is 0 Å². The number of esters is 1. The van der Waals surface area contributed by atoms with Gasteiger partial charge in [0, 0.05) is 6.92 Å². The van der Waals surface area contributed by atoms with Crippen molar-refractivity contribution in [2.75, 3.05) is 13.2 Å². The van der Waals surface area contributed by atoms with Crippen molar-refractivity contribution in [2.24, 2.45) is 5.92 Å². The fourth-order valence-electron chi connectivity index (χ4n) is 1.42. The molecule has 76 valence electrons. The Labute approximate surface area is 79.4 Å². The zero-order valence-electron chi connectivity index (χ0n) is 8.63. The standard InChI is InChI=1S/C10H18O3/c1-8-4-5-10(3,13-6-8)7-12-9(2)11/h8H,4-7H2,1-3H3. The van der Waals surface area contributed by atoms with E-state index in [1.54, 1.807) is 0 Å². The van der Waals surface area contributed by atoms with Crippen molar-refractivity contribution in [1.82, 2.24) is 0 Å². The first-order chi connectivity index (χ1) is 6.02. The van der Waals surface area contributed by atoms with Crippen molar-refractivity contribution in [3.05, 3.63) is 0 Å². The molecule has 1 saturated heterocycles. The van der Waals surface area contributed by atoms with Gasteiger partial charge >= 0.3 is 5.97 Å². The fraction of sp³-hybridized carbons (Fsp3) is 0.900. The van der Waals surface area contributed by atoms with Gasteiger partial charge in [0.15, 0.2) is 0 Å². The Morgan fingerprint density at radius 2 is 2.38 bits per heavy atom. The van der Waals surface area contributed by atoms with Gasteiger partial charge in [0.05, 0.1) is 12.2 Å². The van der Waals surface area contributed by atoms with Crippen molar-refractivity contribution in [3.63, 3.8) is 0 Å². The van der Waals surface area contributed by atoms with Gasteiger partial charge in [-0.1, -0.05) is 6.92 Å². The summed E-state index contributed by atoms with van der Waals surface area (Å²) >= 11 is 0. The number of hydrogen-bond acceptors (Lipinski definition) is 3. The molecule has 3 heteroatoms. The fourth-order valence-corrected chi connectivity index (χ4v) is 1.42. The molecule has 0 saturated carbocycles. The highest BCUT2D eigenvalue weighted by atomic mass is 16.6. The molecular weight excluding hydrogens is 168 g/mol. The molecule has 0 aliphatic carbocycles. The molecule has 0 aromatic carbocycles. The molecule has 0 radical (unpaired) electrons. The molecule has 3 nitrogen and oxygen atoms in total. The van der Waals surface area contributed by atoms with Crippen molar-refractivity contribution in [3.8, 4) is 0 Å². The molecular formula is C10H18O3. The van der Waals surface area contributed by atoms with Crippen LogP contribution in [0.4, 0.5) is 0 Å². The quantitative estimate of drug-likeness (QED) is 0.616. The Morgan fingerprint density at radius 3 is 2.85 bits per heavy atom. The summed E-state index contributed by atoms with van der Waals surface area (Å²) < 4.78 is 10.6. The Hall–Kier alpha value is -0.570. The largest absolute Gasteiger partial charge is 0.463 e. The molecule has 1 aliphatic heterocycles. The summed E-state index contributed by atoms with van der Waals surface area (Å²) in [6.45, 7) is 6.76. The maximum absolute atomic E-state index is 10.6. The molecule has 2 unspecified atom stereocenters. The van der Waals surface area contributed by atoms with Gasteiger partial charge in [-0.3, -0.25) is 4.79 Å². The molecule has 0 aromatic rings. The van der Waals surface area contributed by atoms with E-state index in [0.29, 0.717) is 12.5 Å². The van der Waals surface area contributed by atoms with E-state index in [1.807, 2.05) is 6.92 Å². The molecule has 1 rings (SSSR count). The van der Waals surface area contributed by atoms with Crippen LogP contribution in [0.15, 0.2) is 0 Å². The second-order valence-corrected chi connectivity index (χ2v) is 4.19. The van der Waals surface area contributed by atoms with Crippen LogP contribution in [0.2, 0.25) is 0 Å². The average molecular weight is 186 g/mol. The zero-order chi connectivity index (χ0) is 9.90. The van der Waals surface area contributed by atoms with Crippen LogP contribution in [0, 0.1) is 5.92 Å². The van der Waals surface area contributed by atoms with Gasteiger partial charge in [0.25, 0.3) is 0 Å². The number of ether oxygens (including phenoxy) is 2. The second kappa shape index (κ2) is 4.09. The summed E-state index contributed by atoms with van der Waals surface area (Å²) in [5.74, 6) is 0.397. The highest BCUT2D eigenvalue weighted by Gasteiger charge is 2.31. The maximum Gasteiger partial charge on any atom is 0.302 e. The minimum atomic E-state index is -0.252. The Bertz CT molecular complexity index is 181. The average Bonchev–Trinajstić information content (AvgIpc) is 2.08. The predicted molar refractivity (Wildman–Crippen MR) is 49.4 cm³/mol. The topological polar surface area (TPSA) is 35.5 Å². The molecule has 1 heterocycles. The molecule has 0 N–H and O–H groups in total. The SMILES string of the molecule is CC(=O)OCC1(C)CCC(C)CO1. The molecule has 13 heavy (non-hydrogen) atoms. The number of carbonyl (C=O) groups is 1. The summed E-state index contributed by atoms with van der Waals surface area (Å²) in [4.78, 5) is 10.6. The lowest BCUT2D eigenvalue weighted by Crippen LogP contribution is -2.40. The van der Waals surface area contributed by atoms with E-state index in [2.05, 4.69) is 6.92 Å². The van der Waals surface area contributed by atoms with Crippen LogP contribution in [-0.4, -0.2) is 24.8 Å². The molecule has 0 aromatic heterocycles. The third kappa shape index (κ3) is 3.35. The van der Waals surface area contributed by atoms with Crippen molar-refractivity contribution in [2.45, 2.75) is 39.2 Å². The predicted octanol–water partition coefficient (Wildman–Crippen LogP) is 1.75. The Kier molecular flexibility index (Phi) is 3.31. The Morgan fingerprint density at radius 1 is 1.69 bits per heavy atom. The maximum atomic E-state index is 10.6. The summed E-state index contributed by atoms with van der Waals surface area (Å²) in [6.07, 6.45) is 2.12. The van der Waals surface area contributed by atoms with Gasteiger partial charge in [0.2, 0.25) is 0 Å². The van der Waals surface area contributed by atoms with E-state index in [1.165, 1.54) is 6.92 Å². The van der Waals surface area contributed by atoms with Crippen molar-refractivity contribution < 1.29 is 14.3 Å². The van der Waals surface area contributed by atoms with Crippen LogP contribution in [0.5, 0.6) is 0 Å². The third-order valence-corrected chi connectivity index (χ3v) is 2.46. The Balaban J connectivity index is 2.34. The molecule has 0 amide bonds. The van der Waals surface area contributed by atoms with Crippen LogP contribution in [0.1, 0.15) is 33.6 Å². The summed E-state index contributed by atoms with van der Waals surface area (Å²) in [5, 5.41) is 0. The van der Waals surface area contributed by atoms with E-state index < -0.39 is 0 Å². The third-order valence-electron chi connectivity index (χ3n) is 2.46. The van der Waals surface area contributed by atoms with Crippen LogP contribution in [0.3, 0.4) is 0 Å². The lowest BCUT2D eigenvalue weighted by molar-refractivity contribution is -0.159. The first kappa shape index (κ1) is 10.5. The summed E-state index contributed by atoms with van der Waals surface area (Å²) in [7, 11) is 0. The highest BCUT2D eigenvalue weighted by Crippen LogP contribution is 2.27. The zero-order valence-corrected chi connectivity index (χ0v) is 8.63. The number of hydrogen-bond donors (Lipinski definition) is 0. The van der Waals surface area contributed by atoms with Crippen molar-refractivity contribution in [1.29, 1.82) is 0 Å². The van der Waals surface area contributed by atoms with Crippen LogP contribution < -0.4 is 0 Å². The molecule has 1 fully saturated rings. The monoisotopic (exact) mass is 186 g/mol. The molecule has 1 aliphatic rings. The van der Waals surface area contributed by atoms with Crippen LogP contribution >= 0.6 is 0 Å². The minimum absolute atomic E-state index is 0.233. The van der Waals surface area contributed by atoms with E-state index in [9.17, 15) is 4.79 Å². The second-order valence-electron chi connectivity index (χ2n) is 4.19. The van der Waals surface area contributed by atoms with Gasteiger partial charge in [0.1, 0.15) is 6.61 Å². The lowest BCUT2D eigenvalue weighted by Gasteiger charge is -2.35. The smallest absolute Gasteiger partial charge is 0.302 e. The van der Waals surface area contributed by atoms with Crippen molar-refractivity contribution >= 4 is 5.97 Å². The normalized spacial score (nSPS) is 34.2. The van der Waals surface area contributed by atoms with E-state index in [0.717, 1.165) is 19.4 Å². The van der Waals surface area contributed by atoms with Gasteiger partial charge in [-0.05, 0) is 25.7 Å². The van der Waals surface area contributed by atoms with Gasteiger partial charge in [-0.25, -0.2) is 0 Å². The van der Waals surface area contributed by atoms with E-state index in [4.69, 9.17) is 9.47 Å². The number of rotatable bonds is 2. The van der Waals surface area contributed by atoms with Crippen LogP contribution in [-0.2, 0) is 14.3 Å². The highest BCUT2D eigenvalue weighted by molar-refractivity contribution is 5.65. The number of carbonyl (C=O) groups excluding carboxylic acids is 1. The first-order valence-corrected chi connectivity index (χ1v) is 4.79. The molecule has 0 bridgehead atoms. The van der Waals surface area contributed by atoms with Gasteiger partial charge < -0.3 is 9.47 Å². The molecule has 0 spiro atoms. The lowest BCUT2D eigenvalue weighted by atomic mass is 9.92. The van der Waals surface area contributed by atoms with Gasteiger partial charge in [-0.2, -0.15) is 0 Å². The van der Waals surface area contributed by atoms with E-state index in [-0.39, 0.29) is 11.6 Å². The first-order valence-electron chi connectivity index (χ1n) is 4.79. The minimum Gasteiger partial charge on any atom is -0.463 e. The van der Waals surface area contributed by atoms with E-state index >= 15 is 0 Å². The summed E-state index contributed by atoms with van der Waals surface area (Å²) in [6, 6.07) is 0.